The number of thioether (sulfide) groups is 1. The van der Waals surface area contributed by atoms with Crippen LogP contribution in [0.15, 0.2) is 53.8 Å². The van der Waals surface area contributed by atoms with Crippen LogP contribution in [0.4, 0.5) is 0 Å². The molecule has 0 N–H and O–H groups in total. The van der Waals surface area contributed by atoms with Crippen molar-refractivity contribution in [3.63, 3.8) is 0 Å². The Bertz CT molecular complexity index is 548. The summed E-state index contributed by atoms with van der Waals surface area (Å²) in [5, 5.41) is 1.02. The van der Waals surface area contributed by atoms with Gasteiger partial charge in [0, 0.05) is 31.6 Å². The molecule has 0 spiro atoms. The summed E-state index contributed by atoms with van der Waals surface area (Å²) in [7, 11) is 0. The first kappa shape index (κ1) is 15.5. The lowest BCUT2D eigenvalue weighted by Gasteiger charge is -2.20. The highest BCUT2D eigenvalue weighted by atomic mass is 32.2. The van der Waals surface area contributed by atoms with Gasteiger partial charge in [-0.15, -0.1) is 11.8 Å². The summed E-state index contributed by atoms with van der Waals surface area (Å²) in [5.74, 6) is 1.03. The number of hydrogen-bond acceptors (Lipinski definition) is 4. The molecule has 21 heavy (non-hydrogen) atoms. The Morgan fingerprint density at radius 2 is 1.90 bits per heavy atom. The molecule has 0 saturated carbocycles. The molecular formula is C16H19N3OS. The van der Waals surface area contributed by atoms with Crippen molar-refractivity contribution in [2.24, 2.45) is 0 Å². The Balaban J connectivity index is 1.77. The third-order valence-electron chi connectivity index (χ3n) is 2.98. The van der Waals surface area contributed by atoms with Crippen molar-refractivity contribution in [2.75, 3.05) is 12.3 Å². The zero-order valence-corrected chi connectivity index (χ0v) is 12.9. The Morgan fingerprint density at radius 1 is 1.14 bits per heavy atom. The van der Waals surface area contributed by atoms with Gasteiger partial charge in [0.05, 0.1) is 17.3 Å². The third-order valence-corrected chi connectivity index (χ3v) is 4.01. The first-order valence-corrected chi connectivity index (χ1v) is 7.93. The lowest BCUT2D eigenvalue weighted by molar-refractivity contribution is -0.129. The number of amides is 1. The van der Waals surface area contributed by atoms with E-state index in [1.165, 1.54) is 0 Å². The second-order valence-electron chi connectivity index (χ2n) is 4.63. The molecule has 0 aliphatic heterocycles. The van der Waals surface area contributed by atoms with Gasteiger partial charge in [0.15, 0.2) is 0 Å². The summed E-state index contributed by atoms with van der Waals surface area (Å²) in [6.07, 6.45) is 4.49. The van der Waals surface area contributed by atoms with Crippen LogP contribution < -0.4 is 0 Å². The van der Waals surface area contributed by atoms with Gasteiger partial charge in [0.1, 0.15) is 0 Å². The average molecular weight is 301 g/mol. The van der Waals surface area contributed by atoms with Gasteiger partial charge in [0.25, 0.3) is 0 Å². The molecule has 0 aliphatic carbocycles. The zero-order chi connectivity index (χ0) is 14.9. The molecule has 0 fully saturated rings. The van der Waals surface area contributed by atoms with Gasteiger partial charge in [-0.2, -0.15) is 0 Å². The van der Waals surface area contributed by atoms with Crippen LogP contribution in [0, 0.1) is 0 Å². The van der Waals surface area contributed by atoms with Crippen molar-refractivity contribution >= 4 is 17.7 Å². The Kier molecular flexibility index (Phi) is 6.22. The van der Waals surface area contributed by atoms with Crippen LogP contribution >= 0.6 is 11.8 Å². The molecule has 0 bridgehead atoms. The van der Waals surface area contributed by atoms with E-state index in [0.717, 1.165) is 29.4 Å². The summed E-state index contributed by atoms with van der Waals surface area (Å²) >= 11 is 1.72. The SMILES string of the molecule is CC(=O)N(CCCSc1ccccn1)Cc1ccccn1. The molecule has 2 rings (SSSR count). The number of rotatable bonds is 7. The van der Waals surface area contributed by atoms with Crippen molar-refractivity contribution in [2.45, 2.75) is 24.9 Å². The first-order chi connectivity index (χ1) is 10.3. The smallest absolute Gasteiger partial charge is 0.219 e. The van der Waals surface area contributed by atoms with Crippen molar-refractivity contribution in [3.8, 4) is 0 Å². The van der Waals surface area contributed by atoms with Gasteiger partial charge >= 0.3 is 0 Å². The van der Waals surface area contributed by atoms with Crippen molar-refractivity contribution in [3.05, 3.63) is 54.5 Å². The number of nitrogens with zero attached hydrogens (tertiary/aromatic N) is 3. The molecule has 1 amide bonds. The zero-order valence-electron chi connectivity index (χ0n) is 12.1. The lowest BCUT2D eigenvalue weighted by atomic mass is 10.3. The fraction of sp³-hybridized carbons (Fsp3) is 0.312. The van der Waals surface area contributed by atoms with Gasteiger partial charge in [-0.1, -0.05) is 12.1 Å². The summed E-state index contributed by atoms with van der Waals surface area (Å²) in [6.45, 7) is 2.92. The van der Waals surface area contributed by atoms with Crippen LogP contribution in [-0.2, 0) is 11.3 Å². The normalized spacial score (nSPS) is 10.3. The molecule has 4 nitrogen and oxygen atoms in total. The minimum Gasteiger partial charge on any atom is -0.337 e. The highest BCUT2D eigenvalue weighted by Crippen LogP contribution is 2.15. The van der Waals surface area contributed by atoms with E-state index in [0.29, 0.717) is 6.54 Å². The Labute approximate surface area is 129 Å². The van der Waals surface area contributed by atoms with Crippen LogP contribution in [0.1, 0.15) is 19.0 Å². The molecule has 2 aromatic rings. The van der Waals surface area contributed by atoms with E-state index in [1.54, 1.807) is 31.1 Å². The van der Waals surface area contributed by atoms with E-state index in [1.807, 2.05) is 41.3 Å². The molecule has 110 valence electrons. The first-order valence-electron chi connectivity index (χ1n) is 6.95. The highest BCUT2D eigenvalue weighted by molar-refractivity contribution is 7.99. The lowest BCUT2D eigenvalue weighted by Crippen LogP contribution is -2.29. The van der Waals surface area contributed by atoms with Crippen LogP contribution in [0.5, 0.6) is 0 Å². The van der Waals surface area contributed by atoms with E-state index >= 15 is 0 Å². The molecule has 2 aromatic heterocycles. The van der Waals surface area contributed by atoms with Gasteiger partial charge in [-0.05, 0) is 30.7 Å². The predicted octanol–water partition coefficient (Wildman–Crippen LogP) is 3.01. The third kappa shape index (κ3) is 5.55. The molecular weight excluding hydrogens is 282 g/mol. The molecule has 5 heteroatoms. The minimum atomic E-state index is 0.0866. The number of carbonyl (C=O) groups is 1. The standard InChI is InChI=1S/C16H19N3OS/c1-14(20)19(13-15-7-2-4-9-17-15)11-6-12-21-16-8-3-5-10-18-16/h2-5,7-10H,6,11-13H2,1H3. The van der Waals surface area contributed by atoms with Gasteiger partial charge in [-0.25, -0.2) is 4.98 Å². The molecule has 2 heterocycles. The highest BCUT2D eigenvalue weighted by Gasteiger charge is 2.09. The summed E-state index contributed by atoms with van der Waals surface area (Å²) < 4.78 is 0. The van der Waals surface area contributed by atoms with Crippen molar-refractivity contribution < 1.29 is 4.79 Å². The van der Waals surface area contributed by atoms with Crippen LogP contribution in [-0.4, -0.2) is 33.1 Å². The van der Waals surface area contributed by atoms with Crippen LogP contribution in [0.25, 0.3) is 0 Å². The maximum Gasteiger partial charge on any atom is 0.219 e. The van der Waals surface area contributed by atoms with E-state index in [2.05, 4.69) is 9.97 Å². The van der Waals surface area contributed by atoms with Gasteiger partial charge in [0.2, 0.25) is 5.91 Å². The van der Waals surface area contributed by atoms with Crippen molar-refractivity contribution in [1.29, 1.82) is 0 Å². The maximum atomic E-state index is 11.7. The van der Waals surface area contributed by atoms with E-state index < -0.39 is 0 Å². The minimum absolute atomic E-state index is 0.0866. The number of carbonyl (C=O) groups excluding carboxylic acids is 1. The number of pyridine rings is 2. The number of aromatic nitrogens is 2. The fourth-order valence-electron chi connectivity index (χ4n) is 1.90. The largest absolute Gasteiger partial charge is 0.337 e. The van der Waals surface area contributed by atoms with E-state index in [9.17, 15) is 4.79 Å². The summed E-state index contributed by atoms with van der Waals surface area (Å²) in [4.78, 5) is 22.1. The molecule has 0 aromatic carbocycles. The van der Waals surface area contributed by atoms with E-state index in [-0.39, 0.29) is 5.91 Å². The Morgan fingerprint density at radius 3 is 2.52 bits per heavy atom. The van der Waals surface area contributed by atoms with Crippen molar-refractivity contribution in [1.82, 2.24) is 14.9 Å². The molecule has 0 atom stereocenters. The topological polar surface area (TPSA) is 46.1 Å². The van der Waals surface area contributed by atoms with Crippen LogP contribution in [0.2, 0.25) is 0 Å². The second kappa shape index (κ2) is 8.42. The summed E-state index contributed by atoms with van der Waals surface area (Å²) in [6, 6.07) is 11.7. The molecule has 0 radical (unpaired) electrons. The van der Waals surface area contributed by atoms with Gasteiger partial charge < -0.3 is 4.90 Å². The molecule has 0 aliphatic rings. The Hall–Kier alpha value is -1.88. The monoisotopic (exact) mass is 301 g/mol. The molecule has 0 unspecified atom stereocenters. The quantitative estimate of drug-likeness (QED) is 0.582. The second-order valence-corrected chi connectivity index (χ2v) is 5.75. The van der Waals surface area contributed by atoms with Crippen LogP contribution in [0.3, 0.4) is 0 Å². The maximum absolute atomic E-state index is 11.7. The summed E-state index contributed by atoms with van der Waals surface area (Å²) in [5.41, 5.74) is 0.921. The average Bonchev–Trinajstić information content (AvgIpc) is 2.52. The van der Waals surface area contributed by atoms with E-state index in [4.69, 9.17) is 0 Å². The molecule has 0 saturated heterocycles. The van der Waals surface area contributed by atoms with Gasteiger partial charge in [-0.3, -0.25) is 9.78 Å². The number of hydrogen-bond donors (Lipinski definition) is 0. The fourth-order valence-corrected chi connectivity index (χ4v) is 2.69. The predicted molar refractivity (Wildman–Crippen MR) is 84.9 cm³/mol.